The molecule has 1 atom stereocenters. The molecule has 1 aliphatic rings. The summed E-state index contributed by atoms with van der Waals surface area (Å²) in [7, 11) is 0. The Morgan fingerprint density at radius 3 is 3.10 bits per heavy atom. The van der Waals surface area contributed by atoms with Gasteiger partial charge in [-0.1, -0.05) is 6.42 Å². The Labute approximate surface area is 129 Å². The van der Waals surface area contributed by atoms with E-state index in [-0.39, 0.29) is 11.9 Å². The molecule has 0 radical (unpaired) electrons. The summed E-state index contributed by atoms with van der Waals surface area (Å²) in [6.45, 7) is 2.77. The molecular weight excluding hydrogens is 282 g/mol. The normalized spacial score (nSPS) is 16.0. The van der Waals surface area contributed by atoms with E-state index < -0.39 is 0 Å². The van der Waals surface area contributed by atoms with Crippen LogP contribution in [0.15, 0.2) is 24.8 Å². The monoisotopic (exact) mass is 303 g/mol. The van der Waals surface area contributed by atoms with Crippen LogP contribution in [-0.4, -0.2) is 21.5 Å². The molecular formula is C16H21N3OS. The number of nitrogens with one attached hydrogen (secondary N) is 1. The molecule has 1 aliphatic carbocycles. The van der Waals surface area contributed by atoms with Gasteiger partial charge < -0.3 is 9.88 Å². The number of nitrogens with zero attached hydrogens (tertiary/aromatic N) is 2. The smallest absolute Gasteiger partial charge is 0.261 e. The standard InChI is InChI=1S/C16H21N3OS/c1-12(10-19-8-7-17-11-19)18-16(20)15-9-13-5-3-2-4-6-14(13)21-15/h7-9,11-12H,2-6,10H2,1H3,(H,18,20)/t12-/m1/s1. The summed E-state index contributed by atoms with van der Waals surface area (Å²) in [5, 5.41) is 3.08. The molecule has 112 valence electrons. The minimum absolute atomic E-state index is 0.0562. The molecule has 0 saturated carbocycles. The van der Waals surface area contributed by atoms with Crippen LogP contribution in [0.5, 0.6) is 0 Å². The molecule has 2 heterocycles. The van der Waals surface area contributed by atoms with E-state index in [1.54, 1.807) is 23.9 Å². The van der Waals surface area contributed by atoms with E-state index in [1.807, 2.05) is 17.7 Å². The number of fused-ring (bicyclic) bond motifs is 1. The van der Waals surface area contributed by atoms with Crippen LogP contribution in [0.3, 0.4) is 0 Å². The molecule has 0 aromatic carbocycles. The molecule has 1 N–H and O–H groups in total. The predicted octanol–water partition coefficient (Wildman–Crippen LogP) is 3.03. The van der Waals surface area contributed by atoms with Gasteiger partial charge in [0.1, 0.15) is 0 Å². The largest absolute Gasteiger partial charge is 0.347 e. The van der Waals surface area contributed by atoms with Crippen LogP contribution >= 0.6 is 11.3 Å². The highest BCUT2D eigenvalue weighted by Crippen LogP contribution is 2.28. The van der Waals surface area contributed by atoms with E-state index in [1.165, 1.54) is 29.7 Å². The topological polar surface area (TPSA) is 46.9 Å². The summed E-state index contributed by atoms with van der Waals surface area (Å²) in [6, 6.07) is 2.19. The maximum Gasteiger partial charge on any atom is 0.261 e. The minimum atomic E-state index is 0.0562. The molecule has 2 aromatic heterocycles. The highest BCUT2D eigenvalue weighted by atomic mass is 32.1. The van der Waals surface area contributed by atoms with Gasteiger partial charge in [0.05, 0.1) is 11.2 Å². The summed E-state index contributed by atoms with van der Waals surface area (Å²) in [6.07, 6.45) is 11.5. The summed E-state index contributed by atoms with van der Waals surface area (Å²) >= 11 is 1.68. The summed E-state index contributed by atoms with van der Waals surface area (Å²) in [4.78, 5) is 18.7. The van der Waals surface area contributed by atoms with E-state index in [0.717, 1.165) is 24.3 Å². The van der Waals surface area contributed by atoms with Gasteiger partial charge in [-0.2, -0.15) is 0 Å². The van der Waals surface area contributed by atoms with Crippen molar-refractivity contribution in [1.82, 2.24) is 14.9 Å². The lowest BCUT2D eigenvalue weighted by atomic mass is 10.1. The highest BCUT2D eigenvalue weighted by Gasteiger charge is 2.17. The molecule has 0 aliphatic heterocycles. The second-order valence-electron chi connectivity index (χ2n) is 5.75. The highest BCUT2D eigenvalue weighted by molar-refractivity contribution is 7.14. The fraction of sp³-hybridized carbons (Fsp3) is 0.500. The van der Waals surface area contributed by atoms with Crippen molar-refractivity contribution in [3.8, 4) is 0 Å². The zero-order valence-corrected chi connectivity index (χ0v) is 13.2. The maximum atomic E-state index is 12.4. The van der Waals surface area contributed by atoms with E-state index >= 15 is 0 Å². The number of thiophene rings is 1. The molecule has 21 heavy (non-hydrogen) atoms. The molecule has 0 spiro atoms. The van der Waals surface area contributed by atoms with Gasteiger partial charge in [0.25, 0.3) is 5.91 Å². The second-order valence-corrected chi connectivity index (χ2v) is 6.89. The van der Waals surface area contributed by atoms with Crippen molar-refractivity contribution in [2.75, 3.05) is 0 Å². The predicted molar refractivity (Wildman–Crippen MR) is 84.7 cm³/mol. The molecule has 0 saturated heterocycles. The van der Waals surface area contributed by atoms with Gasteiger partial charge in [-0.25, -0.2) is 4.98 Å². The average Bonchev–Trinajstić information content (AvgIpc) is 3.04. The van der Waals surface area contributed by atoms with Crippen molar-refractivity contribution in [2.24, 2.45) is 0 Å². The SMILES string of the molecule is C[C@H](Cn1ccnc1)NC(=O)c1cc2c(s1)CCCCC2. The first-order valence-corrected chi connectivity index (χ1v) is 8.42. The molecule has 2 aromatic rings. The number of rotatable bonds is 4. The van der Waals surface area contributed by atoms with Crippen LogP contribution in [-0.2, 0) is 19.4 Å². The van der Waals surface area contributed by atoms with Gasteiger partial charge >= 0.3 is 0 Å². The van der Waals surface area contributed by atoms with Crippen LogP contribution < -0.4 is 5.32 Å². The number of hydrogen-bond acceptors (Lipinski definition) is 3. The lowest BCUT2D eigenvalue weighted by Crippen LogP contribution is -2.35. The van der Waals surface area contributed by atoms with E-state index in [9.17, 15) is 4.79 Å². The first-order chi connectivity index (χ1) is 10.2. The molecule has 3 rings (SSSR count). The molecule has 4 nitrogen and oxygen atoms in total. The Balaban J connectivity index is 1.62. The first-order valence-electron chi connectivity index (χ1n) is 7.60. The number of hydrogen-bond donors (Lipinski definition) is 1. The van der Waals surface area contributed by atoms with Crippen LogP contribution in [0, 0.1) is 0 Å². The number of aromatic nitrogens is 2. The molecule has 0 fully saturated rings. The van der Waals surface area contributed by atoms with Crippen molar-refractivity contribution in [1.29, 1.82) is 0 Å². The fourth-order valence-corrected chi connectivity index (χ4v) is 3.99. The van der Waals surface area contributed by atoms with Crippen molar-refractivity contribution >= 4 is 17.2 Å². The van der Waals surface area contributed by atoms with Crippen LogP contribution in [0.1, 0.15) is 46.3 Å². The van der Waals surface area contributed by atoms with Crippen LogP contribution in [0.25, 0.3) is 0 Å². The zero-order chi connectivity index (χ0) is 14.7. The Bertz CT molecular complexity index is 580. The van der Waals surface area contributed by atoms with Crippen LogP contribution in [0.2, 0.25) is 0 Å². The second kappa shape index (κ2) is 6.43. The maximum absolute atomic E-state index is 12.4. The molecule has 0 unspecified atom stereocenters. The molecule has 1 amide bonds. The third kappa shape index (κ3) is 3.53. The van der Waals surface area contributed by atoms with Gasteiger partial charge in [-0.05, 0) is 44.2 Å². The third-order valence-corrected chi connectivity index (χ3v) is 5.13. The van der Waals surface area contributed by atoms with Crippen molar-refractivity contribution in [3.63, 3.8) is 0 Å². The Morgan fingerprint density at radius 2 is 2.29 bits per heavy atom. The van der Waals surface area contributed by atoms with Gasteiger partial charge in [0.2, 0.25) is 0 Å². The van der Waals surface area contributed by atoms with E-state index in [4.69, 9.17) is 0 Å². The zero-order valence-electron chi connectivity index (χ0n) is 12.3. The summed E-state index contributed by atoms with van der Waals surface area (Å²) < 4.78 is 1.98. The van der Waals surface area contributed by atoms with Gasteiger partial charge in [-0.15, -0.1) is 11.3 Å². The first kappa shape index (κ1) is 14.3. The lowest BCUT2D eigenvalue weighted by molar-refractivity contribution is 0.0941. The molecule has 5 heteroatoms. The summed E-state index contributed by atoms with van der Waals surface area (Å²) in [5.41, 5.74) is 1.39. The van der Waals surface area contributed by atoms with Crippen molar-refractivity contribution in [3.05, 3.63) is 40.1 Å². The Hall–Kier alpha value is -1.62. The molecule has 0 bridgehead atoms. The third-order valence-electron chi connectivity index (χ3n) is 3.89. The number of aryl methyl sites for hydroxylation is 2. The number of imidazole rings is 1. The van der Waals surface area contributed by atoms with Crippen molar-refractivity contribution in [2.45, 2.75) is 51.6 Å². The van der Waals surface area contributed by atoms with Gasteiger partial charge in [0, 0.05) is 29.9 Å². The number of carbonyl (C=O) groups is 1. The summed E-state index contributed by atoms with van der Waals surface area (Å²) in [5.74, 6) is 0.0562. The van der Waals surface area contributed by atoms with E-state index in [0.29, 0.717) is 0 Å². The Kier molecular flexibility index (Phi) is 4.39. The average molecular weight is 303 g/mol. The van der Waals surface area contributed by atoms with E-state index in [2.05, 4.69) is 16.4 Å². The Morgan fingerprint density at radius 1 is 1.43 bits per heavy atom. The van der Waals surface area contributed by atoms with Gasteiger partial charge in [0.15, 0.2) is 0 Å². The van der Waals surface area contributed by atoms with Crippen molar-refractivity contribution < 1.29 is 4.79 Å². The van der Waals surface area contributed by atoms with Crippen LogP contribution in [0.4, 0.5) is 0 Å². The lowest BCUT2D eigenvalue weighted by Gasteiger charge is -2.13. The number of amides is 1. The minimum Gasteiger partial charge on any atom is -0.347 e. The number of carbonyl (C=O) groups excluding carboxylic acids is 1. The van der Waals surface area contributed by atoms with Gasteiger partial charge in [-0.3, -0.25) is 4.79 Å². The quantitative estimate of drug-likeness (QED) is 0.883. The fourth-order valence-electron chi connectivity index (χ4n) is 2.83.